The van der Waals surface area contributed by atoms with Crippen LogP contribution in [0.1, 0.15) is 36.1 Å². The lowest BCUT2D eigenvalue weighted by Crippen LogP contribution is -2.35. The Morgan fingerprint density at radius 2 is 1.90 bits per heavy atom. The van der Waals surface area contributed by atoms with E-state index in [0.717, 1.165) is 22.4 Å². The van der Waals surface area contributed by atoms with Crippen LogP contribution in [0.2, 0.25) is 0 Å². The van der Waals surface area contributed by atoms with Gasteiger partial charge in [0.2, 0.25) is 11.8 Å². The summed E-state index contributed by atoms with van der Waals surface area (Å²) in [4.78, 5) is 28.4. The zero-order chi connectivity index (χ0) is 20.8. The predicted octanol–water partition coefficient (Wildman–Crippen LogP) is 4.17. The van der Waals surface area contributed by atoms with Crippen molar-refractivity contribution >= 4 is 17.9 Å². The number of rotatable bonds is 7. The molecule has 0 radical (unpaired) electrons. The minimum atomic E-state index is -0.293. The Bertz CT molecular complexity index is 918. The Kier molecular flexibility index (Phi) is 6.50. The Labute approximate surface area is 171 Å². The molecule has 1 aliphatic rings. The van der Waals surface area contributed by atoms with Gasteiger partial charge in [0.15, 0.2) is 0 Å². The molecule has 3 rings (SSSR count). The molecule has 5 heteroatoms. The highest BCUT2D eigenvalue weighted by Gasteiger charge is 2.29. The molecule has 0 saturated carbocycles. The molecular formula is C24H26N2O3. The van der Waals surface area contributed by atoms with Crippen LogP contribution in [-0.2, 0) is 16.1 Å². The molecule has 1 heterocycles. The zero-order valence-electron chi connectivity index (χ0n) is 16.9. The van der Waals surface area contributed by atoms with E-state index in [1.165, 1.54) is 6.92 Å². The first-order valence-electron chi connectivity index (χ1n) is 9.62. The van der Waals surface area contributed by atoms with Gasteiger partial charge in [-0.25, -0.2) is 0 Å². The first kappa shape index (κ1) is 20.4. The molecule has 0 fully saturated rings. The topological polar surface area (TPSA) is 49.9 Å². The maximum absolute atomic E-state index is 12.9. The number of carbonyl (C=O) groups excluding carboxylic acids is 2. The molecular weight excluding hydrogens is 364 g/mol. The quantitative estimate of drug-likeness (QED) is 0.667. The Morgan fingerprint density at radius 1 is 1.17 bits per heavy atom. The fourth-order valence-corrected chi connectivity index (χ4v) is 3.44. The number of amides is 2. The van der Waals surface area contributed by atoms with E-state index in [0.29, 0.717) is 13.2 Å². The number of hydrogen-bond acceptors (Lipinski definition) is 3. The van der Waals surface area contributed by atoms with Crippen molar-refractivity contribution in [3.63, 3.8) is 0 Å². The summed E-state index contributed by atoms with van der Waals surface area (Å²) < 4.78 is 5.49. The van der Waals surface area contributed by atoms with E-state index in [2.05, 4.69) is 6.58 Å². The van der Waals surface area contributed by atoms with E-state index in [9.17, 15) is 9.59 Å². The normalized spacial score (nSPS) is 14.8. The summed E-state index contributed by atoms with van der Waals surface area (Å²) in [7, 11) is 1.78. The summed E-state index contributed by atoms with van der Waals surface area (Å²) >= 11 is 0. The fraction of sp³-hybridized carbons (Fsp3) is 0.250. The lowest BCUT2D eigenvalue weighted by Gasteiger charge is -2.33. The molecule has 150 valence electrons. The van der Waals surface area contributed by atoms with Gasteiger partial charge in [-0.3, -0.25) is 9.59 Å². The SMILES string of the molecule is C=CCOc1ccc(CN(C)C(=O)CC2c3ccccc3C=CN2C(C)=O)cc1. The zero-order valence-corrected chi connectivity index (χ0v) is 16.9. The molecule has 0 aliphatic carbocycles. The molecule has 1 aliphatic heterocycles. The smallest absolute Gasteiger partial charge is 0.225 e. The molecule has 0 saturated heterocycles. The number of fused-ring (bicyclic) bond motifs is 1. The summed E-state index contributed by atoms with van der Waals surface area (Å²) in [5.74, 6) is 0.676. The standard InChI is InChI=1S/C24H26N2O3/c1-4-15-29-21-11-9-19(10-12-21)17-25(3)24(28)16-23-22-8-6-5-7-20(22)13-14-26(23)18(2)27/h4-14,23H,1,15-17H2,2-3H3. The van der Waals surface area contributed by atoms with Gasteiger partial charge >= 0.3 is 0 Å². The van der Waals surface area contributed by atoms with E-state index in [1.54, 1.807) is 29.1 Å². The summed E-state index contributed by atoms with van der Waals surface area (Å²) in [5, 5.41) is 0. The molecule has 5 nitrogen and oxygen atoms in total. The van der Waals surface area contributed by atoms with Gasteiger partial charge in [0.1, 0.15) is 12.4 Å². The van der Waals surface area contributed by atoms with Gasteiger partial charge in [0.05, 0.1) is 12.5 Å². The van der Waals surface area contributed by atoms with Crippen LogP contribution in [0.25, 0.3) is 6.08 Å². The van der Waals surface area contributed by atoms with Crippen LogP contribution >= 0.6 is 0 Å². The van der Waals surface area contributed by atoms with E-state index in [1.807, 2.05) is 54.6 Å². The largest absolute Gasteiger partial charge is 0.490 e. The van der Waals surface area contributed by atoms with Crippen molar-refractivity contribution in [1.29, 1.82) is 0 Å². The molecule has 2 amide bonds. The van der Waals surface area contributed by atoms with E-state index >= 15 is 0 Å². The molecule has 1 unspecified atom stereocenters. The van der Waals surface area contributed by atoms with Gasteiger partial charge < -0.3 is 14.5 Å². The summed E-state index contributed by atoms with van der Waals surface area (Å²) in [6.45, 7) is 6.11. The van der Waals surface area contributed by atoms with Crippen molar-refractivity contribution in [2.45, 2.75) is 25.9 Å². The van der Waals surface area contributed by atoms with Crippen molar-refractivity contribution in [2.75, 3.05) is 13.7 Å². The number of nitrogens with zero attached hydrogens (tertiary/aromatic N) is 2. The Hall–Kier alpha value is -3.34. The van der Waals surface area contributed by atoms with Crippen LogP contribution in [0.4, 0.5) is 0 Å². The predicted molar refractivity (Wildman–Crippen MR) is 114 cm³/mol. The van der Waals surface area contributed by atoms with Crippen molar-refractivity contribution in [3.8, 4) is 5.75 Å². The summed E-state index contributed by atoms with van der Waals surface area (Å²) in [5.41, 5.74) is 3.05. The molecule has 0 spiro atoms. The van der Waals surface area contributed by atoms with Gasteiger partial charge in [0, 0.05) is 26.7 Å². The van der Waals surface area contributed by atoms with Crippen molar-refractivity contribution in [2.24, 2.45) is 0 Å². The minimum absolute atomic E-state index is 0.0154. The maximum Gasteiger partial charge on any atom is 0.225 e. The van der Waals surface area contributed by atoms with Crippen molar-refractivity contribution in [1.82, 2.24) is 9.80 Å². The number of ether oxygens (including phenoxy) is 1. The first-order chi connectivity index (χ1) is 14.0. The average molecular weight is 390 g/mol. The van der Waals surface area contributed by atoms with Gasteiger partial charge in [-0.2, -0.15) is 0 Å². The van der Waals surface area contributed by atoms with Crippen LogP contribution in [0.15, 0.2) is 67.4 Å². The highest BCUT2D eigenvalue weighted by atomic mass is 16.5. The maximum atomic E-state index is 12.9. The second kappa shape index (κ2) is 9.24. The highest BCUT2D eigenvalue weighted by molar-refractivity contribution is 5.81. The van der Waals surface area contributed by atoms with Crippen LogP contribution < -0.4 is 4.74 Å². The summed E-state index contributed by atoms with van der Waals surface area (Å²) in [6, 6.07) is 15.3. The monoisotopic (exact) mass is 390 g/mol. The van der Waals surface area contributed by atoms with E-state index in [4.69, 9.17) is 4.74 Å². The molecule has 2 aromatic rings. The van der Waals surface area contributed by atoms with E-state index in [-0.39, 0.29) is 24.3 Å². The van der Waals surface area contributed by atoms with Crippen molar-refractivity contribution < 1.29 is 14.3 Å². The van der Waals surface area contributed by atoms with Gasteiger partial charge in [0.25, 0.3) is 0 Å². The van der Waals surface area contributed by atoms with Gasteiger partial charge in [-0.1, -0.05) is 49.1 Å². The van der Waals surface area contributed by atoms with E-state index < -0.39 is 0 Å². The minimum Gasteiger partial charge on any atom is -0.490 e. The molecule has 2 aromatic carbocycles. The van der Waals surface area contributed by atoms with Crippen LogP contribution in [0.3, 0.4) is 0 Å². The van der Waals surface area contributed by atoms with Gasteiger partial charge in [-0.15, -0.1) is 0 Å². The Morgan fingerprint density at radius 3 is 2.59 bits per heavy atom. The molecule has 0 aromatic heterocycles. The van der Waals surface area contributed by atoms with Crippen LogP contribution in [0, 0.1) is 0 Å². The number of hydrogen-bond donors (Lipinski definition) is 0. The molecule has 0 bridgehead atoms. The third kappa shape index (κ3) is 4.93. The molecule has 29 heavy (non-hydrogen) atoms. The lowest BCUT2D eigenvalue weighted by molar-refractivity contribution is -0.134. The second-order valence-electron chi connectivity index (χ2n) is 7.08. The third-order valence-corrected chi connectivity index (χ3v) is 4.97. The van der Waals surface area contributed by atoms with Gasteiger partial charge in [-0.05, 0) is 34.9 Å². The molecule has 0 N–H and O–H groups in total. The Balaban J connectivity index is 1.68. The van der Waals surface area contributed by atoms with Crippen LogP contribution in [-0.4, -0.2) is 35.3 Å². The summed E-state index contributed by atoms with van der Waals surface area (Å²) in [6.07, 6.45) is 5.61. The average Bonchev–Trinajstić information content (AvgIpc) is 2.73. The second-order valence-corrected chi connectivity index (χ2v) is 7.08. The fourth-order valence-electron chi connectivity index (χ4n) is 3.44. The lowest BCUT2D eigenvalue weighted by atomic mass is 9.93. The number of benzene rings is 2. The number of carbonyl (C=O) groups is 2. The third-order valence-electron chi connectivity index (χ3n) is 4.97. The first-order valence-corrected chi connectivity index (χ1v) is 9.62. The van der Waals surface area contributed by atoms with Crippen molar-refractivity contribution in [3.05, 3.63) is 84.1 Å². The highest BCUT2D eigenvalue weighted by Crippen LogP contribution is 2.33. The van der Waals surface area contributed by atoms with Crippen LogP contribution in [0.5, 0.6) is 5.75 Å². The molecule has 1 atom stereocenters.